The Morgan fingerprint density at radius 1 is 1.25 bits per heavy atom. The van der Waals surface area contributed by atoms with Gasteiger partial charge in [-0.1, -0.05) is 36.7 Å². The van der Waals surface area contributed by atoms with Crippen LogP contribution in [0.3, 0.4) is 0 Å². The van der Waals surface area contributed by atoms with Gasteiger partial charge in [0, 0.05) is 11.8 Å². The van der Waals surface area contributed by atoms with Gasteiger partial charge in [0.1, 0.15) is 5.75 Å². The van der Waals surface area contributed by atoms with Crippen molar-refractivity contribution in [3.63, 3.8) is 0 Å². The Bertz CT molecular complexity index is 736. The van der Waals surface area contributed by atoms with Crippen molar-refractivity contribution in [1.29, 1.82) is 0 Å². The Hall–Kier alpha value is -2.11. The van der Waals surface area contributed by atoms with Crippen LogP contribution in [0.1, 0.15) is 30.6 Å². The first kappa shape index (κ1) is 18.2. The molecular weight excluding hydrogens is 344 g/mol. The monoisotopic (exact) mass is 362 g/mol. The molecule has 1 unspecified atom stereocenters. The van der Waals surface area contributed by atoms with Crippen LogP contribution in [0, 0.1) is 0 Å². The molecular formula is C18H19ClN2O2S. The van der Waals surface area contributed by atoms with Crippen molar-refractivity contribution < 1.29 is 9.53 Å². The number of carbonyl (C=O) groups excluding carboxylic acids is 1. The first-order valence-corrected chi connectivity index (χ1v) is 8.41. The maximum Gasteiger partial charge on any atom is 0.258 e. The van der Waals surface area contributed by atoms with Gasteiger partial charge < -0.3 is 10.1 Å². The number of nitrogens with one attached hydrogen (secondary N) is 2. The predicted molar refractivity (Wildman–Crippen MR) is 102 cm³/mol. The summed E-state index contributed by atoms with van der Waals surface area (Å²) in [7, 11) is 0. The molecule has 0 radical (unpaired) electrons. The second kappa shape index (κ2) is 8.66. The van der Waals surface area contributed by atoms with Gasteiger partial charge in [0.25, 0.3) is 5.91 Å². The Balaban J connectivity index is 1.98. The maximum absolute atomic E-state index is 12.2. The zero-order chi connectivity index (χ0) is 17.5. The molecule has 126 valence electrons. The predicted octanol–water partition coefficient (Wildman–Crippen LogP) is 4.64. The molecule has 0 saturated heterocycles. The number of amides is 1. The summed E-state index contributed by atoms with van der Waals surface area (Å²) in [6.45, 7) is 4.07. The highest BCUT2D eigenvalue weighted by atomic mass is 35.5. The maximum atomic E-state index is 12.2. The highest BCUT2D eigenvalue weighted by Crippen LogP contribution is 2.19. The number of rotatable bonds is 5. The van der Waals surface area contributed by atoms with E-state index in [0.717, 1.165) is 17.9 Å². The molecule has 2 N–H and O–H groups in total. The Morgan fingerprint density at radius 2 is 2.00 bits per heavy atom. The third-order valence-corrected chi connectivity index (χ3v) is 3.88. The summed E-state index contributed by atoms with van der Waals surface area (Å²) in [6, 6.07) is 14.2. The summed E-state index contributed by atoms with van der Waals surface area (Å²) in [5, 5.41) is 6.15. The quantitative estimate of drug-likeness (QED) is 0.760. The minimum atomic E-state index is -0.356. The van der Waals surface area contributed by atoms with Gasteiger partial charge in [-0.15, -0.1) is 0 Å². The van der Waals surface area contributed by atoms with Crippen molar-refractivity contribution in [1.82, 2.24) is 5.32 Å². The van der Waals surface area contributed by atoms with Crippen LogP contribution in [0.5, 0.6) is 5.75 Å². The molecule has 0 bridgehead atoms. The molecule has 2 rings (SSSR count). The van der Waals surface area contributed by atoms with E-state index in [2.05, 4.69) is 17.6 Å². The van der Waals surface area contributed by atoms with Crippen LogP contribution in [0.2, 0.25) is 5.02 Å². The first-order chi connectivity index (χ1) is 11.5. The van der Waals surface area contributed by atoms with Crippen LogP contribution in [0.15, 0.2) is 48.5 Å². The molecule has 0 aromatic heterocycles. The fourth-order valence-corrected chi connectivity index (χ4v) is 2.37. The number of carbonyl (C=O) groups is 1. The lowest BCUT2D eigenvalue weighted by molar-refractivity contribution is 0.0978. The minimum absolute atomic E-state index is 0.132. The fourth-order valence-electron chi connectivity index (χ4n) is 1.94. The fraction of sp³-hybridized carbons (Fsp3) is 0.222. The normalized spacial score (nSPS) is 11.5. The van der Waals surface area contributed by atoms with Gasteiger partial charge >= 0.3 is 0 Å². The lowest BCUT2D eigenvalue weighted by Gasteiger charge is -2.14. The van der Waals surface area contributed by atoms with Crippen molar-refractivity contribution in [2.45, 2.75) is 26.4 Å². The van der Waals surface area contributed by atoms with E-state index in [1.807, 2.05) is 31.2 Å². The van der Waals surface area contributed by atoms with Gasteiger partial charge in [0.2, 0.25) is 0 Å². The minimum Gasteiger partial charge on any atom is -0.491 e. The number of halogens is 1. The van der Waals surface area contributed by atoms with E-state index in [0.29, 0.717) is 10.6 Å². The van der Waals surface area contributed by atoms with Crippen molar-refractivity contribution in [2.24, 2.45) is 0 Å². The van der Waals surface area contributed by atoms with Gasteiger partial charge in [-0.25, -0.2) is 0 Å². The molecule has 0 spiro atoms. The van der Waals surface area contributed by atoms with Crippen LogP contribution < -0.4 is 15.4 Å². The van der Waals surface area contributed by atoms with E-state index in [9.17, 15) is 4.79 Å². The Labute approximate surface area is 152 Å². The summed E-state index contributed by atoms with van der Waals surface area (Å²) >= 11 is 11.2. The molecule has 2 aromatic rings. The zero-order valence-electron chi connectivity index (χ0n) is 13.5. The topological polar surface area (TPSA) is 50.4 Å². The van der Waals surface area contributed by atoms with Crippen molar-refractivity contribution >= 4 is 40.5 Å². The summed E-state index contributed by atoms with van der Waals surface area (Å²) < 4.78 is 5.76. The standard InChI is InChI=1S/C18H19ClN2O2S/c1-3-12(2)23-14-8-6-7-13(11-14)20-18(24)21-17(22)15-9-4-5-10-16(15)19/h4-12H,3H2,1-2H3,(H2,20,21,22,24). The number of hydrogen-bond acceptors (Lipinski definition) is 3. The lowest BCUT2D eigenvalue weighted by atomic mass is 10.2. The molecule has 4 nitrogen and oxygen atoms in total. The van der Waals surface area contributed by atoms with Crippen molar-refractivity contribution in [2.75, 3.05) is 5.32 Å². The van der Waals surface area contributed by atoms with Crippen LogP contribution in [0.4, 0.5) is 5.69 Å². The Kier molecular flexibility index (Phi) is 6.58. The van der Waals surface area contributed by atoms with Crippen LogP contribution in [-0.2, 0) is 0 Å². The number of anilines is 1. The summed E-state index contributed by atoms with van der Waals surface area (Å²) in [4.78, 5) is 12.2. The highest BCUT2D eigenvalue weighted by Gasteiger charge is 2.11. The smallest absolute Gasteiger partial charge is 0.258 e. The van der Waals surface area contributed by atoms with E-state index >= 15 is 0 Å². The van der Waals surface area contributed by atoms with Gasteiger partial charge in [0.05, 0.1) is 16.7 Å². The van der Waals surface area contributed by atoms with Crippen molar-refractivity contribution in [3.8, 4) is 5.75 Å². The number of hydrogen-bond donors (Lipinski definition) is 2. The second-order valence-corrected chi connectivity index (χ2v) is 6.07. The largest absolute Gasteiger partial charge is 0.491 e. The molecule has 1 atom stereocenters. The van der Waals surface area contributed by atoms with Crippen LogP contribution in [0.25, 0.3) is 0 Å². The van der Waals surface area contributed by atoms with E-state index in [1.54, 1.807) is 24.3 Å². The summed E-state index contributed by atoms with van der Waals surface area (Å²) in [6.07, 6.45) is 1.05. The summed E-state index contributed by atoms with van der Waals surface area (Å²) in [5.41, 5.74) is 1.11. The molecule has 0 heterocycles. The van der Waals surface area contributed by atoms with Gasteiger partial charge in [0.15, 0.2) is 5.11 Å². The first-order valence-electron chi connectivity index (χ1n) is 7.63. The molecule has 0 aliphatic heterocycles. The SMILES string of the molecule is CCC(C)Oc1cccc(NC(=S)NC(=O)c2ccccc2Cl)c1. The van der Waals surface area contributed by atoms with E-state index < -0.39 is 0 Å². The van der Waals surface area contributed by atoms with E-state index in [4.69, 9.17) is 28.6 Å². The molecule has 24 heavy (non-hydrogen) atoms. The lowest BCUT2D eigenvalue weighted by Crippen LogP contribution is -2.34. The molecule has 0 fully saturated rings. The highest BCUT2D eigenvalue weighted by molar-refractivity contribution is 7.80. The van der Waals surface area contributed by atoms with Crippen LogP contribution >= 0.6 is 23.8 Å². The van der Waals surface area contributed by atoms with Gasteiger partial charge in [-0.2, -0.15) is 0 Å². The van der Waals surface area contributed by atoms with E-state index in [-0.39, 0.29) is 17.1 Å². The number of benzene rings is 2. The van der Waals surface area contributed by atoms with Gasteiger partial charge in [-0.3, -0.25) is 10.1 Å². The zero-order valence-corrected chi connectivity index (χ0v) is 15.1. The number of thiocarbonyl (C=S) groups is 1. The molecule has 6 heteroatoms. The number of ether oxygens (including phenoxy) is 1. The third kappa shape index (κ3) is 5.22. The van der Waals surface area contributed by atoms with Gasteiger partial charge in [-0.05, 0) is 49.8 Å². The summed E-state index contributed by atoms with van der Waals surface area (Å²) in [5.74, 6) is 0.389. The average molecular weight is 363 g/mol. The Morgan fingerprint density at radius 3 is 2.71 bits per heavy atom. The third-order valence-electron chi connectivity index (χ3n) is 3.35. The molecule has 2 aromatic carbocycles. The van der Waals surface area contributed by atoms with E-state index in [1.165, 1.54) is 0 Å². The second-order valence-electron chi connectivity index (χ2n) is 5.25. The molecule has 0 saturated carbocycles. The average Bonchev–Trinajstić information content (AvgIpc) is 2.55. The molecule has 1 amide bonds. The van der Waals surface area contributed by atoms with Crippen molar-refractivity contribution in [3.05, 3.63) is 59.1 Å². The van der Waals surface area contributed by atoms with Crippen LogP contribution in [-0.4, -0.2) is 17.1 Å². The molecule has 0 aliphatic carbocycles. The molecule has 0 aliphatic rings.